The number of benzene rings is 2. The lowest BCUT2D eigenvalue weighted by Gasteiger charge is -2.04. The number of nitrogens with one attached hydrogen (secondary N) is 1. The number of nitrogens with zero attached hydrogens (tertiary/aromatic N) is 1. The number of ether oxygens (including phenoxy) is 1. The number of halogens is 1. The molecule has 0 aliphatic rings. The Bertz CT molecular complexity index is 1080. The van der Waals surface area contributed by atoms with Gasteiger partial charge in [-0.1, -0.05) is 68.8 Å². The lowest BCUT2D eigenvalue weighted by atomic mass is 10.1. The monoisotopic (exact) mass is 470 g/mol. The molecular formula is C25H27ClN2O3S. The van der Waals surface area contributed by atoms with Crippen molar-refractivity contribution >= 4 is 51.1 Å². The first-order valence-corrected chi connectivity index (χ1v) is 12.1. The molecule has 1 amide bonds. The third-order valence-corrected chi connectivity index (χ3v) is 6.63. The van der Waals surface area contributed by atoms with Gasteiger partial charge in [0.2, 0.25) is 5.91 Å². The Balaban J connectivity index is 1.46. The minimum atomic E-state index is -0.487. The number of thiophene rings is 1. The molecule has 0 saturated heterocycles. The van der Waals surface area contributed by atoms with Gasteiger partial charge in [-0.3, -0.25) is 4.79 Å². The molecule has 1 heterocycles. The number of carbonyl (C=O) groups is 2. The van der Waals surface area contributed by atoms with E-state index in [4.69, 9.17) is 16.3 Å². The average molecular weight is 471 g/mol. The zero-order chi connectivity index (χ0) is 22.8. The third-order valence-electron chi connectivity index (χ3n) is 4.97. The Hall–Kier alpha value is -2.70. The molecule has 7 heteroatoms. The van der Waals surface area contributed by atoms with Crippen molar-refractivity contribution in [2.45, 2.75) is 51.9 Å². The van der Waals surface area contributed by atoms with Crippen LogP contribution in [-0.4, -0.2) is 18.1 Å². The second kappa shape index (κ2) is 12.4. The number of carbonyl (C=O) groups excluding carboxylic acids is 2. The maximum atomic E-state index is 12.5. The molecule has 2 aromatic carbocycles. The van der Waals surface area contributed by atoms with Gasteiger partial charge in [0.15, 0.2) is 0 Å². The van der Waals surface area contributed by atoms with Gasteiger partial charge in [0.1, 0.15) is 10.6 Å². The van der Waals surface area contributed by atoms with E-state index in [1.165, 1.54) is 37.0 Å². The molecule has 0 bridgehead atoms. The normalized spacial score (nSPS) is 11.2. The predicted octanol–water partition coefficient (Wildman–Crippen LogP) is 6.97. The molecule has 3 rings (SSSR count). The number of rotatable bonds is 11. The second-order valence-electron chi connectivity index (χ2n) is 7.51. The number of hydrogen-bond acceptors (Lipinski definition) is 5. The molecule has 0 aliphatic carbocycles. The van der Waals surface area contributed by atoms with Gasteiger partial charge in [-0.05, 0) is 42.3 Å². The van der Waals surface area contributed by atoms with Crippen molar-refractivity contribution in [1.82, 2.24) is 5.43 Å². The maximum Gasteiger partial charge on any atom is 0.355 e. The minimum Gasteiger partial charge on any atom is -0.422 e. The highest BCUT2D eigenvalue weighted by Gasteiger charge is 2.18. The summed E-state index contributed by atoms with van der Waals surface area (Å²) in [5.74, 6) is -0.158. The first kappa shape index (κ1) is 24.0. The second-order valence-corrected chi connectivity index (χ2v) is 8.94. The molecule has 0 atom stereocenters. The summed E-state index contributed by atoms with van der Waals surface area (Å²) in [6.45, 7) is 2.19. The molecule has 1 N–H and O–H groups in total. The smallest absolute Gasteiger partial charge is 0.355 e. The van der Waals surface area contributed by atoms with Crippen LogP contribution in [-0.2, 0) is 4.79 Å². The van der Waals surface area contributed by atoms with Crippen LogP contribution in [0.15, 0.2) is 53.6 Å². The van der Waals surface area contributed by atoms with Gasteiger partial charge in [0.05, 0.1) is 11.2 Å². The van der Waals surface area contributed by atoms with Crippen molar-refractivity contribution in [3.05, 3.63) is 64.0 Å². The van der Waals surface area contributed by atoms with Gasteiger partial charge in [-0.2, -0.15) is 5.10 Å². The lowest BCUT2D eigenvalue weighted by Crippen LogP contribution is -2.16. The summed E-state index contributed by atoms with van der Waals surface area (Å²) in [5, 5.41) is 5.25. The van der Waals surface area contributed by atoms with E-state index in [9.17, 15) is 9.59 Å². The summed E-state index contributed by atoms with van der Waals surface area (Å²) in [7, 11) is 0. The fourth-order valence-electron chi connectivity index (χ4n) is 3.22. The van der Waals surface area contributed by atoms with E-state index in [-0.39, 0.29) is 5.91 Å². The van der Waals surface area contributed by atoms with Crippen LogP contribution in [0.1, 0.15) is 67.1 Å². The largest absolute Gasteiger partial charge is 0.422 e. The predicted molar refractivity (Wildman–Crippen MR) is 132 cm³/mol. The van der Waals surface area contributed by atoms with E-state index in [2.05, 4.69) is 17.5 Å². The number of hydrazone groups is 1. The molecule has 0 fully saturated rings. The number of amides is 1. The lowest BCUT2D eigenvalue weighted by molar-refractivity contribution is -0.121. The van der Waals surface area contributed by atoms with Crippen LogP contribution >= 0.6 is 22.9 Å². The number of fused-ring (bicyclic) bond motifs is 1. The quantitative estimate of drug-likeness (QED) is 0.108. The van der Waals surface area contributed by atoms with Crippen molar-refractivity contribution < 1.29 is 14.3 Å². The van der Waals surface area contributed by atoms with Crippen molar-refractivity contribution in [1.29, 1.82) is 0 Å². The van der Waals surface area contributed by atoms with Crippen LogP contribution < -0.4 is 10.2 Å². The van der Waals surface area contributed by atoms with Gasteiger partial charge < -0.3 is 4.74 Å². The summed E-state index contributed by atoms with van der Waals surface area (Å²) >= 11 is 7.65. The minimum absolute atomic E-state index is 0.0810. The summed E-state index contributed by atoms with van der Waals surface area (Å²) < 4.78 is 6.40. The topological polar surface area (TPSA) is 67.8 Å². The van der Waals surface area contributed by atoms with Crippen LogP contribution in [0.5, 0.6) is 5.75 Å². The number of unbranched alkanes of at least 4 members (excludes halogenated alkanes) is 5. The number of esters is 1. The highest BCUT2D eigenvalue weighted by Crippen LogP contribution is 2.35. The Labute approximate surface area is 197 Å². The summed E-state index contributed by atoms with van der Waals surface area (Å²) in [6, 6.07) is 14.5. The molecule has 0 unspecified atom stereocenters. The Morgan fingerprint density at radius 3 is 2.50 bits per heavy atom. The molecule has 3 aromatic rings. The van der Waals surface area contributed by atoms with Crippen molar-refractivity contribution in [3.63, 3.8) is 0 Å². The van der Waals surface area contributed by atoms with Crippen LogP contribution in [0.3, 0.4) is 0 Å². The third kappa shape index (κ3) is 6.90. The zero-order valence-corrected chi connectivity index (χ0v) is 19.7. The van der Waals surface area contributed by atoms with Crippen molar-refractivity contribution in [3.8, 4) is 5.75 Å². The molecule has 0 radical (unpaired) electrons. The van der Waals surface area contributed by atoms with Crippen LogP contribution in [0.25, 0.3) is 10.1 Å². The molecule has 0 spiro atoms. The van der Waals surface area contributed by atoms with Gasteiger partial charge in [0.25, 0.3) is 0 Å². The van der Waals surface area contributed by atoms with E-state index in [1.54, 1.807) is 30.5 Å². The zero-order valence-electron chi connectivity index (χ0n) is 18.1. The Kier molecular flexibility index (Phi) is 9.26. The van der Waals surface area contributed by atoms with Gasteiger partial charge in [-0.25, -0.2) is 10.2 Å². The summed E-state index contributed by atoms with van der Waals surface area (Å²) in [5.41, 5.74) is 3.33. The van der Waals surface area contributed by atoms with Gasteiger partial charge >= 0.3 is 5.97 Å². The molecule has 32 heavy (non-hydrogen) atoms. The first-order chi connectivity index (χ1) is 15.6. The fraction of sp³-hybridized carbons (Fsp3) is 0.320. The van der Waals surface area contributed by atoms with Crippen molar-refractivity contribution in [2.75, 3.05) is 0 Å². The van der Waals surface area contributed by atoms with Crippen molar-refractivity contribution in [2.24, 2.45) is 5.10 Å². The SMILES string of the molecule is CCCCCCCCC(=O)N/N=C\c1ccc(OC(=O)c2sc3ccccc3c2Cl)cc1. The highest BCUT2D eigenvalue weighted by atomic mass is 35.5. The summed E-state index contributed by atoms with van der Waals surface area (Å²) in [4.78, 5) is 24.7. The number of hydrogen-bond donors (Lipinski definition) is 1. The molecule has 0 aliphatic heterocycles. The average Bonchev–Trinajstić information content (AvgIpc) is 3.14. The Morgan fingerprint density at radius 2 is 1.75 bits per heavy atom. The maximum absolute atomic E-state index is 12.5. The van der Waals surface area contributed by atoms with E-state index < -0.39 is 5.97 Å². The van der Waals surface area contributed by atoms with Gasteiger partial charge in [-0.15, -0.1) is 11.3 Å². The van der Waals surface area contributed by atoms with Crippen LogP contribution in [0, 0.1) is 0 Å². The fourth-order valence-corrected chi connectivity index (χ4v) is 4.61. The molecular weight excluding hydrogens is 444 g/mol. The summed E-state index contributed by atoms with van der Waals surface area (Å²) in [6.07, 6.45) is 8.90. The molecule has 168 valence electrons. The van der Waals surface area contributed by atoms with Crippen LogP contribution in [0.2, 0.25) is 5.02 Å². The highest BCUT2D eigenvalue weighted by molar-refractivity contribution is 7.21. The van der Waals surface area contributed by atoms with E-state index in [0.717, 1.165) is 28.5 Å². The van der Waals surface area contributed by atoms with E-state index >= 15 is 0 Å². The molecule has 5 nitrogen and oxygen atoms in total. The standard InChI is InChI=1S/C25H27ClN2O3S/c1-2-3-4-5-6-7-12-22(29)28-27-17-18-13-15-19(16-14-18)31-25(30)24-23(26)20-10-8-9-11-21(20)32-24/h8-11,13-17H,2-7,12H2,1H3,(H,28,29)/b27-17-. The molecule has 1 aromatic heterocycles. The Morgan fingerprint density at radius 1 is 1.03 bits per heavy atom. The van der Waals surface area contributed by atoms with Gasteiger partial charge in [0, 0.05) is 16.5 Å². The first-order valence-electron chi connectivity index (χ1n) is 10.9. The molecule has 0 saturated carbocycles. The van der Waals surface area contributed by atoms with Crippen LogP contribution in [0.4, 0.5) is 0 Å². The van der Waals surface area contributed by atoms with E-state index in [0.29, 0.717) is 22.1 Å². The van der Waals surface area contributed by atoms with E-state index in [1.807, 2.05) is 24.3 Å².